The molecular weight excluding hydrogens is 234 g/mol. The second-order valence-electron chi connectivity index (χ2n) is 6.09. The van der Waals surface area contributed by atoms with Crippen LogP contribution in [0.2, 0.25) is 0 Å². The van der Waals surface area contributed by atoms with Crippen molar-refractivity contribution < 1.29 is 5.11 Å². The second kappa shape index (κ2) is 6.53. The molecule has 0 radical (unpaired) electrons. The number of aryl methyl sites for hydroxylation is 2. The number of aliphatic hydroxyl groups is 1. The third-order valence-electron chi connectivity index (χ3n) is 4.57. The van der Waals surface area contributed by atoms with Crippen LogP contribution in [0.25, 0.3) is 0 Å². The summed E-state index contributed by atoms with van der Waals surface area (Å²) >= 11 is 0. The molecule has 1 unspecified atom stereocenters. The Bertz CT molecular complexity index is 410. The van der Waals surface area contributed by atoms with Crippen molar-refractivity contribution in [2.45, 2.75) is 58.1 Å². The maximum Gasteiger partial charge on any atom is 0.0917 e. The summed E-state index contributed by atoms with van der Waals surface area (Å²) in [7, 11) is 2.15. The summed E-state index contributed by atoms with van der Waals surface area (Å²) in [5.74, 6) is 0. The van der Waals surface area contributed by atoms with Crippen LogP contribution >= 0.6 is 0 Å². The summed E-state index contributed by atoms with van der Waals surface area (Å²) in [5.41, 5.74) is 3.60. The Kier molecular flexibility index (Phi) is 5.00. The lowest BCUT2D eigenvalue weighted by Gasteiger charge is -2.32. The first kappa shape index (κ1) is 14.5. The van der Waals surface area contributed by atoms with Gasteiger partial charge in [0.25, 0.3) is 0 Å². The normalized spacial score (nSPS) is 18.8. The van der Waals surface area contributed by atoms with Gasteiger partial charge in [0.2, 0.25) is 0 Å². The van der Waals surface area contributed by atoms with E-state index in [1.807, 2.05) is 0 Å². The smallest absolute Gasteiger partial charge is 0.0917 e. The van der Waals surface area contributed by atoms with E-state index in [0.29, 0.717) is 6.04 Å². The summed E-state index contributed by atoms with van der Waals surface area (Å²) in [6.45, 7) is 4.96. The van der Waals surface area contributed by atoms with E-state index >= 15 is 0 Å². The summed E-state index contributed by atoms with van der Waals surface area (Å²) < 4.78 is 0. The molecule has 2 rings (SSSR count). The molecule has 0 amide bonds. The lowest BCUT2D eigenvalue weighted by atomic mass is 9.94. The van der Waals surface area contributed by atoms with Gasteiger partial charge in [0.1, 0.15) is 0 Å². The third-order valence-corrected chi connectivity index (χ3v) is 4.57. The van der Waals surface area contributed by atoms with E-state index in [9.17, 15) is 5.11 Å². The Morgan fingerprint density at radius 3 is 2.47 bits per heavy atom. The quantitative estimate of drug-likeness (QED) is 0.895. The van der Waals surface area contributed by atoms with Crippen molar-refractivity contribution in [1.82, 2.24) is 4.90 Å². The molecule has 106 valence electrons. The summed E-state index contributed by atoms with van der Waals surface area (Å²) in [5, 5.41) is 10.4. The average Bonchev–Trinajstić information content (AvgIpc) is 2.42. The molecule has 0 bridgehead atoms. The standard InChI is InChI=1S/C17H27NO/c1-13-9-10-15(11-14(13)2)17(19)12-18(3)16-7-5-4-6-8-16/h9-11,16-17,19H,4-8,12H2,1-3H3. The van der Waals surface area contributed by atoms with Crippen LogP contribution in [0, 0.1) is 13.8 Å². The first-order valence-electron chi connectivity index (χ1n) is 7.53. The molecule has 0 aliphatic heterocycles. The van der Waals surface area contributed by atoms with E-state index in [1.54, 1.807) is 0 Å². The molecule has 1 aliphatic carbocycles. The summed E-state index contributed by atoms with van der Waals surface area (Å²) in [6.07, 6.45) is 6.27. The number of aliphatic hydroxyl groups excluding tert-OH is 1. The highest BCUT2D eigenvalue weighted by atomic mass is 16.3. The van der Waals surface area contributed by atoms with Gasteiger partial charge >= 0.3 is 0 Å². The number of rotatable bonds is 4. The van der Waals surface area contributed by atoms with Gasteiger partial charge < -0.3 is 10.0 Å². The highest BCUT2D eigenvalue weighted by Crippen LogP contribution is 2.24. The van der Waals surface area contributed by atoms with Crippen LogP contribution in [0.15, 0.2) is 18.2 Å². The zero-order chi connectivity index (χ0) is 13.8. The average molecular weight is 261 g/mol. The van der Waals surface area contributed by atoms with Crippen LogP contribution < -0.4 is 0 Å². The van der Waals surface area contributed by atoms with Crippen molar-refractivity contribution in [2.75, 3.05) is 13.6 Å². The largest absolute Gasteiger partial charge is 0.387 e. The molecular formula is C17H27NO. The second-order valence-corrected chi connectivity index (χ2v) is 6.09. The fourth-order valence-corrected chi connectivity index (χ4v) is 3.02. The minimum atomic E-state index is -0.369. The fraction of sp³-hybridized carbons (Fsp3) is 0.647. The van der Waals surface area contributed by atoms with Gasteiger partial charge in [-0.15, -0.1) is 0 Å². The minimum Gasteiger partial charge on any atom is -0.387 e. The molecule has 19 heavy (non-hydrogen) atoms. The van der Waals surface area contributed by atoms with Crippen LogP contribution in [0.3, 0.4) is 0 Å². The lowest BCUT2D eigenvalue weighted by Crippen LogP contribution is -2.36. The molecule has 1 atom stereocenters. The van der Waals surface area contributed by atoms with Crippen molar-refractivity contribution in [2.24, 2.45) is 0 Å². The predicted octanol–water partition coefficient (Wildman–Crippen LogP) is 3.60. The first-order chi connectivity index (χ1) is 9.08. The molecule has 2 nitrogen and oxygen atoms in total. The maximum atomic E-state index is 10.4. The Labute approximate surface area is 117 Å². The Hall–Kier alpha value is -0.860. The van der Waals surface area contributed by atoms with E-state index < -0.39 is 0 Å². The maximum absolute atomic E-state index is 10.4. The molecule has 1 aromatic carbocycles. The Morgan fingerprint density at radius 2 is 1.84 bits per heavy atom. The third kappa shape index (κ3) is 3.80. The van der Waals surface area contributed by atoms with Gasteiger partial charge in [-0.05, 0) is 50.4 Å². The van der Waals surface area contributed by atoms with Gasteiger partial charge in [-0.3, -0.25) is 0 Å². The van der Waals surface area contributed by atoms with Crippen LogP contribution in [0.4, 0.5) is 0 Å². The Balaban J connectivity index is 1.95. The van der Waals surface area contributed by atoms with Crippen LogP contribution in [0.5, 0.6) is 0 Å². The number of nitrogens with zero attached hydrogens (tertiary/aromatic N) is 1. The zero-order valence-electron chi connectivity index (χ0n) is 12.5. The van der Waals surface area contributed by atoms with Gasteiger partial charge in [-0.1, -0.05) is 37.5 Å². The SMILES string of the molecule is Cc1ccc(C(O)CN(C)C2CCCCC2)cc1C. The van der Waals surface area contributed by atoms with Gasteiger partial charge in [0.05, 0.1) is 6.10 Å². The molecule has 1 fully saturated rings. The molecule has 1 aromatic rings. The van der Waals surface area contributed by atoms with Crippen molar-refractivity contribution >= 4 is 0 Å². The molecule has 1 aliphatic rings. The Morgan fingerprint density at radius 1 is 1.16 bits per heavy atom. The van der Waals surface area contributed by atoms with Crippen LogP contribution in [-0.2, 0) is 0 Å². The van der Waals surface area contributed by atoms with Crippen LogP contribution in [-0.4, -0.2) is 29.6 Å². The van der Waals surface area contributed by atoms with Crippen LogP contribution in [0.1, 0.15) is 54.9 Å². The van der Waals surface area contributed by atoms with E-state index in [4.69, 9.17) is 0 Å². The van der Waals surface area contributed by atoms with Gasteiger partial charge in [-0.2, -0.15) is 0 Å². The van der Waals surface area contributed by atoms with E-state index in [2.05, 4.69) is 44.0 Å². The molecule has 0 saturated heterocycles. The zero-order valence-corrected chi connectivity index (χ0v) is 12.5. The van der Waals surface area contributed by atoms with Gasteiger partial charge in [0, 0.05) is 12.6 Å². The molecule has 0 aromatic heterocycles. The summed E-state index contributed by atoms with van der Waals surface area (Å²) in [4.78, 5) is 2.35. The molecule has 2 heteroatoms. The monoisotopic (exact) mass is 261 g/mol. The molecule has 0 spiro atoms. The van der Waals surface area contributed by atoms with E-state index in [-0.39, 0.29) is 6.10 Å². The number of likely N-dealkylation sites (N-methyl/N-ethyl adjacent to an activating group) is 1. The topological polar surface area (TPSA) is 23.5 Å². The lowest BCUT2D eigenvalue weighted by molar-refractivity contribution is 0.0914. The van der Waals surface area contributed by atoms with Crippen molar-refractivity contribution in [3.63, 3.8) is 0 Å². The number of benzene rings is 1. The highest BCUT2D eigenvalue weighted by molar-refractivity contribution is 5.31. The molecule has 1 N–H and O–H groups in total. The predicted molar refractivity (Wildman–Crippen MR) is 80.4 cm³/mol. The first-order valence-corrected chi connectivity index (χ1v) is 7.53. The number of hydrogen-bond acceptors (Lipinski definition) is 2. The minimum absolute atomic E-state index is 0.369. The highest BCUT2D eigenvalue weighted by Gasteiger charge is 2.20. The molecule has 0 heterocycles. The van der Waals surface area contributed by atoms with Crippen molar-refractivity contribution in [3.8, 4) is 0 Å². The number of hydrogen-bond donors (Lipinski definition) is 1. The van der Waals surface area contributed by atoms with Crippen molar-refractivity contribution in [3.05, 3.63) is 34.9 Å². The van der Waals surface area contributed by atoms with Gasteiger partial charge in [0.15, 0.2) is 0 Å². The fourth-order valence-electron chi connectivity index (χ4n) is 3.02. The van der Waals surface area contributed by atoms with Crippen molar-refractivity contribution in [1.29, 1.82) is 0 Å². The van der Waals surface area contributed by atoms with E-state index in [0.717, 1.165) is 12.1 Å². The van der Waals surface area contributed by atoms with Gasteiger partial charge in [-0.25, -0.2) is 0 Å². The summed E-state index contributed by atoms with van der Waals surface area (Å²) in [6, 6.07) is 6.94. The van der Waals surface area contributed by atoms with E-state index in [1.165, 1.54) is 43.2 Å². The molecule has 1 saturated carbocycles.